The van der Waals surface area contributed by atoms with Crippen molar-refractivity contribution in [2.24, 2.45) is 0 Å². The number of anilines is 1. The molecule has 0 aliphatic rings. The zero-order valence-electron chi connectivity index (χ0n) is 16.8. The Morgan fingerprint density at radius 2 is 1.81 bits per heavy atom. The Bertz CT molecular complexity index is 1400. The maximum absolute atomic E-state index is 12.4. The van der Waals surface area contributed by atoms with Crippen molar-refractivity contribution in [1.82, 2.24) is 5.32 Å². The van der Waals surface area contributed by atoms with E-state index in [9.17, 15) is 9.59 Å². The summed E-state index contributed by atoms with van der Waals surface area (Å²) in [6, 6.07) is 20.7. The molecule has 1 amide bonds. The molecule has 0 aliphatic heterocycles. The minimum atomic E-state index is -0.479. The lowest BCUT2D eigenvalue weighted by Gasteiger charge is -2.12. The largest absolute Gasteiger partial charge is 0.497 e. The Kier molecular flexibility index (Phi) is 6.20. The van der Waals surface area contributed by atoms with Crippen LogP contribution in [0, 0.1) is 0 Å². The number of para-hydroxylation sites is 1. The summed E-state index contributed by atoms with van der Waals surface area (Å²) in [6.45, 7) is 0. The summed E-state index contributed by atoms with van der Waals surface area (Å²) in [5, 5.41) is 6.76. The molecule has 0 bridgehead atoms. The summed E-state index contributed by atoms with van der Waals surface area (Å²) < 4.78 is 10.5. The Labute approximate surface area is 193 Å². The average Bonchev–Trinajstić information content (AvgIpc) is 2.79. The van der Waals surface area contributed by atoms with Crippen LogP contribution >= 0.6 is 23.8 Å². The third-order valence-corrected chi connectivity index (χ3v) is 5.23. The fourth-order valence-corrected chi connectivity index (χ4v) is 3.66. The number of thiocarbonyl (C=S) groups is 1. The number of halogens is 1. The lowest BCUT2D eigenvalue weighted by Crippen LogP contribution is -2.34. The summed E-state index contributed by atoms with van der Waals surface area (Å²) >= 11 is 11.7. The molecule has 0 unspecified atom stereocenters. The van der Waals surface area contributed by atoms with Crippen LogP contribution in [0.4, 0.5) is 5.69 Å². The van der Waals surface area contributed by atoms with E-state index in [0.717, 1.165) is 5.39 Å². The van der Waals surface area contributed by atoms with Crippen molar-refractivity contribution in [3.63, 3.8) is 0 Å². The van der Waals surface area contributed by atoms with E-state index in [0.29, 0.717) is 38.7 Å². The summed E-state index contributed by atoms with van der Waals surface area (Å²) in [5.41, 5.74) is 1.88. The van der Waals surface area contributed by atoms with Gasteiger partial charge in [0.1, 0.15) is 11.3 Å². The van der Waals surface area contributed by atoms with E-state index in [4.69, 9.17) is 33.0 Å². The summed E-state index contributed by atoms with van der Waals surface area (Å²) in [6.07, 6.45) is 0. The van der Waals surface area contributed by atoms with Crippen molar-refractivity contribution < 1.29 is 13.9 Å². The Balaban J connectivity index is 1.51. The molecule has 6 nitrogen and oxygen atoms in total. The Hall–Kier alpha value is -3.68. The summed E-state index contributed by atoms with van der Waals surface area (Å²) in [5.74, 6) is 0.190. The number of benzene rings is 3. The standard InChI is InChI=1S/C24H17ClN2O4S/c1-30-17-7-4-6-15(11-17)22(28)27-24(32)26-16-9-10-18(20(25)13-16)19-12-14-5-2-3-8-21(14)31-23(19)29/h2-13H,1H3,(H2,26,27,28,32). The lowest BCUT2D eigenvalue weighted by atomic mass is 10.1. The number of hydrogen-bond donors (Lipinski definition) is 2. The van der Waals surface area contributed by atoms with Crippen LogP contribution in [0.2, 0.25) is 5.02 Å². The minimum absolute atomic E-state index is 0.104. The van der Waals surface area contributed by atoms with Gasteiger partial charge in [0, 0.05) is 22.2 Å². The maximum Gasteiger partial charge on any atom is 0.344 e. The van der Waals surface area contributed by atoms with Crippen LogP contribution < -0.4 is 21.0 Å². The van der Waals surface area contributed by atoms with Gasteiger partial charge in [-0.2, -0.15) is 0 Å². The van der Waals surface area contributed by atoms with Gasteiger partial charge in [-0.05, 0) is 54.7 Å². The fraction of sp³-hybridized carbons (Fsp3) is 0.0417. The van der Waals surface area contributed by atoms with Crippen molar-refractivity contribution in [2.75, 3.05) is 12.4 Å². The Morgan fingerprint density at radius 1 is 1.00 bits per heavy atom. The van der Waals surface area contributed by atoms with Crippen molar-refractivity contribution in [2.45, 2.75) is 0 Å². The number of amides is 1. The normalized spacial score (nSPS) is 10.6. The van der Waals surface area contributed by atoms with E-state index in [1.165, 1.54) is 7.11 Å². The number of carbonyl (C=O) groups is 1. The first-order valence-electron chi connectivity index (χ1n) is 9.54. The Morgan fingerprint density at radius 3 is 2.59 bits per heavy atom. The van der Waals surface area contributed by atoms with Gasteiger partial charge in [-0.15, -0.1) is 0 Å². The van der Waals surface area contributed by atoms with Gasteiger partial charge in [0.25, 0.3) is 5.91 Å². The van der Waals surface area contributed by atoms with E-state index in [2.05, 4.69) is 10.6 Å². The molecule has 0 saturated carbocycles. The van der Waals surface area contributed by atoms with Gasteiger partial charge < -0.3 is 14.5 Å². The highest BCUT2D eigenvalue weighted by Gasteiger charge is 2.13. The molecule has 0 aliphatic carbocycles. The molecule has 3 aromatic carbocycles. The third kappa shape index (κ3) is 4.64. The smallest absolute Gasteiger partial charge is 0.344 e. The van der Waals surface area contributed by atoms with Gasteiger partial charge in [-0.3, -0.25) is 10.1 Å². The zero-order chi connectivity index (χ0) is 22.7. The molecule has 1 aromatic heterocycles. The molecule has 0 fully saturated rings. The lowest BCUT2D eigenvalue weighted by molar-refractivity contribution is 0.0977. The van der Waals surface area contributed by atoms with E-state index < -0.39 is 5.63 Å². The zero-order valence-corrected chi connectivity index (χ0v) is 18.4. The van der Waals surface area contributed by atoms with Crippen molar-refractivity contribution in [3.05, 3.63) is 93.8 Å². The fourth-order valence-electron chi connectivity index (χ4n) is 3.16. The first-order valence-corrected chi connectivity index (χ1v) is 10.3. The maximum atomic E-state index is 12.4. The second-order valence-corrected chi connectivity index (χ2v) is 7.64. The molecule has 0 atom stereocenters. The van der Waals surface area contributed by atoms with Crippen LogP contribution in [0.3, 0.4) is 0 Å². The van der Waals surface area contributed by atoms with E-state index in [-0.39, 0.29) is 11.0 Å². The highest BCUT2D eigenvalue weighted by Crippen LogP contribution is 2.30. The highest BCUT2D eigenvalue weighted by atomic mass is 35.5. The van der Waals surface area contributed by atoms with Gasteiger partial charge in [0.15, 0.2) is 5.11 Å². The minimum Gasteiger partial charge on any atom is -0.497 e. The molecule has 4 aromatic rings. The van der Waals surface area contributed by atoms with Crippen LogP contribution in [0.5, 0.6) is 5.75 Å². The van der Waals surface area contributed by atoms with Crippen LogP contribution in [0.15, 0.2) is 82.0 Å². The number of nitrogens with one attached hydrogen (secondary N) is 2. The number of hydrogen-bond acceptors (Lipinski definition) is 5. The SMILES string of the molecule is COc1cccc(C(=O)NC(=S)Nc2ccc(-c3cc4ccccc4oc3=O)c(Cl)c2)c1. The molecule has 8 heteroatoms. The van der Waals surface area contributed by atoms with Gasteiger partial charge in [0.05, 0.1) is 17.7 Å². The monoisotopic (exact) mass is 464 g/mol. The molecule has 0 spiro atoms. The number of methoxy groups -OCH3 is 1. The van der Waals surface area contributed by atoms with Gasteiger partial charge in [-0.25, -0.2) is 4.79 Å². The number of ether oxygens (including phenoxy) is 1. The van der Waals surface area contributed by atoms with Crippen molar-refractivity contribution >= 4 is 51.5 Å². The molecule has 0 radical (unpaired) electrons. The number of fused-ring (bicyclic) bond motifs is 1. The van der Waals surface area contributed by atoms with Gasteiger partial charge >= 0.3 is 5.63 Å². The molecular formula is C24H17ClN2O4S. The molecule has 32 heavy (non-hydrogen) atoms. The van der Waals surface area contributed by atoms with E-state index in [1.54, 1.807) is 60.7 Å². The molecular weight excluding hydrogens is 448 g/mol. The van der Waals surface area contributed by atoms with E-state index in [1.807, 2.05) is 12.1 Å². The molecule has 2 N–H and O–H groups in total. The van der Waals surface area contributed by atoms with Gasteiger partial charge in [-0.1, -0.05) is 41.9 Å². The predicted molar refractivity (Wildman–Crippen MR) is 130 cm³/mol. The number of rotatable bonds is 4. The topological polar surface area (TPSA) is 80.6 Å². The first kappa shape index (κ1) is 21.5. The van der Waals surface area contributed by atoms with Crippen molar-refractivity contribution in [3.8, 4) is 16.9 Å². The van der Waals surface area contributed by atoms with E-state index >= 15 is 0 Å². The second kappa shape index (κ2) is 9.21. The second-order valence-electron chi connectivity index (χ2n) is 6.82. The highest BCUT2D eigenvalue weighted by molar-refractivity contribution is 7.80. The molecule has 1 heterocycles. The van der Waals surface area contributed by atoms with Crippen LogP contribution in [-0.2, 0) is 0 Å². The summed E-state index contributed by atoms with van der Waals surface area (Å²) in [7, 11) is 1.53. The van der Waals surface area contributed by atoms with Gasteiger partial charge in [0.2, 0.25) is 0 Å². The van der Waals surface area contributed by atoms with Crippen LogP contribution in [0.25, 0.3) is 22.1 Å². The quantitative estimate of drug-likeness (QED) is 0.317. The molecule has 4 rings (SSSR count). The predicted octanol–water partition coefficient (Wildman–Crippen LogP) is 5.25. The third-order valence-electron chi connectivity index (χ3n) is 4.72. The summed E-state index contributed by atoms with van der Waals surface area (Å²) in [4.78, 5) is 24.8. The number of carbonyl (C=O) groups excluding carboxylic acids is 1. The molecule has 0 saturated heterocycles. The van der Waals surface area contributed by atoms with Crippen LogP contribution in [-0.4, -0.2) is 18.1 Å². The first-order chi connectivity index (χ1) is 15.4. The van der Waals surface area contributed by atoms with Crippen LogP contribution in [0.1, 0.15) is 10.4 Å². The van der Waals surface area contributed by atoms with Crippen molar-refractivity contribution in [1.29, 1.82) is 0 Å². The molecule has 160 valence electrons. The average molecular weight is 465 g/mol.